The molecule has 0 aliphatic heterocycles. The first-order valence-electron chi connectivity index (χ1n) is 2.65. The molecule has 0 fully saturated rings. The van der Waals surface area contributed by atoms with Crippen molar-refractivity contribution in [1.29, 1.82) is 0 Å². The van der Waals surface area contributed by atoms with Crippen molar-refractivity contribution in [3.05, 3.63) is 25.8 Å². The number of carbonyl (C=O) groups is 1. The first kappa shape index (κ1) is 16.0. The van der Waals surface area contributed by atoms with E-state index in [4.69, 9.17) is 10.2 Å². The maximum Gasteiger partial charge on any atom is 0.327 e. The molecule has 0 aromatic carbocycles. The molecule has 0 spiro atoms. The average molecular weight is 146 g/mol. The van der Waals surface area contributed by atoms with Gasteiger partial charge in [0.25, 0.3) is 0 Å². The Hall–Kier alpha value is -1.09. The lowest BCUT2D eigenvalue weighted by Crippen LogP contribution is -1.82. The Labute approximate surface area is 61.3 Å². The average Bonchev–Trinajstić information content (AvgIpc) is 1.94. The molecule has 10 heavy (non-hydrogen) atoms. The second kappa shape index (κ2) is 24.7. The van der Waals surface area contributed by atoms with Crippen LogP contribution in [0.15, 0.2) is 25.8 Å². The number of carboxylic acids is 1. The summed E-state index contributed by atoms with van der Waals surface area (Å²) in [5, 5.41) is 15.2. The number of aliphatic hydroxyl groups excluding tert-OH is 1. The van der Waals surface area contributed by atoms with Gasteiger partial charge in [0.05, 0.1) is 0 Å². The summed E-state index contributed by atoms with van der Waals surface area (Å²) in [7, 11) is 0. The Morgan fingerprint density at radius 1 is 1.60 bits per heavy atom. The van der Waals surface area contributed by atoms with Gasteiger partial charge in [0.15, 0.2) is 0 Å². The summed E-state index contributed by atoms with van der Waals surface area (Å²) >= 11 is 0. The predicted octanol–water partition coefficient (Wildman–Crippen LogP) is 1.06. The van der Waals surface area contributed by atoms with E-state index < -0.39 is 5.97 Å². The van der Waals surface area contributed by atoms with Crippen molar-refractivity contribution >= 4 is 5.97 Å². The van der Waals surface area contributed by atoms with Gasteiger partial charge >= 0.3 is 5.97 Å². The van der Waals surface area contributed by atoms with E-state index in [0.717, 1.165) is 6.08 Å². The third-order valence-corrected chi connectivity index (χ3v) is 0.175. The highest BCUT2D eigenvalue weighted by Gasteiger charge is 1.73. The zero-order valence-corrected chi connectivity index (χ0v) is 6.21. The molecule has 0 bridgehead atoms. The van der Waals surface area contributed by atoms with Crippen molar-refractivity contribution in [3.63, 3.8) is 0 Å². The fourth-order valence-electron chi connectivity index (χ4n) is 0. The van der Waals surface area contributed by atoms with Crippen LogP contribution in [0.1, 0.15) is 6.92 Å². The molecule has 0 saturated carbocycles. The minimum Gasteiger partial charge on any atom is -0.478 e. The maximum atomic E-state index is 9.25. The summed E-state index contributed by atoms with van der Waals surface area (Å²) in [6.07, 6.45) is 0.833. The molecule has 0 amide bonds. The van der Waals surface area contributed by atoms with Crippen LogP contribution in [0.5, 0.6) is 0 Å². The SMILES string of the molecule is C=C.C=CC(=O)O.CCO. The topological polar surface area (TPSA) is 57.5 Å². The first-order chi connectivity index (χ1) is 4.68. The minimum atomic E-state index is -0.981. The highest BCUT2D eigenvalue weighted by Crippen LogP contribution is 1.54. The third kappa shape index (κ3) is 291. The summed E-state index contributed by atoms with van der Waals surface area (Å²) in [5.74, 6) is -0.981. The zero-order chi connectivity index (χ0) is 8.99. The van der Waals surface area contributed by atoms with Crippen molar-refractivity contribution in [2.24, 2.45) is 0 Å². The normalized spacial score (nSPS) is 5.40. The molecule has 0 aromatic rings. The molecule has 0 unspecified atom stereocenters. The zero-order valence-electron chi connectivity index (χ0n) is 6.21. The van der Waals surface area contributed by atoms with E-state index in [0.29, 0.717) is 0 Å². The first-order valence-corrected chi connectivity index (χ1v) is 2.65. The lowest BCUT2D eigenvalue weighted by Gasteiger charge is -1.64. The van der Waals surface area contributed by atoms with Gasteiger partial charge in [-0.2, -0.15) is 0 Å². The van der Waals surface area contributed by atoms with Crippen LogP contribution in [0.4, 0.5) is 0 Å². The van der Waals surface area contributed by atoms with Crippen LogP contribution in [0, 0.1) is 0 Å². The molecular formula is C7H14O3. The van der Waals surface area contributed by atoms with Gasteiger partial charge in [-0.1, -0.05) is 6.58 Å². The fraction of sp³-hybridized carbons (Fsp3) is 0.286. The van der Waals surface area contributed by atoms with Gasteiger partial charge < -0.3 is 10.2 Å². The largest absolute Gasteiger partial charge is 0.478 e. The highest BCUT2D eigenvalue weighted by atomic mass is 16.4. The maximum absolute atomic E-state index is 9.25. The Morgan fingerprint density at radius 3 is 1.70 bits per heavy atom. The molecule has 0 aliphatic carbocycles. The molecule has 0 atom stereocenters. The van der Waals surface area contributed by atoms with Crippen LogP contribution in [-0.2, 0) is 4.79 Å². The quantitative estimate of drug-likeness (QED) is 0.429. The molecule has 0 heterocycles. The van der Waals surface area contributed by atoms with Crippen molar-refractivity contribution < 1.29 is 15.0 Å². The summed E-state index contributed by atoms with van der Waals surface area (Å²) in [6.45, 7) is 10.9. The number of aliphatic carboxylic acids is 1. The van der Waals surface area contributed by atoms with Gasteiger partial charge in [-0.25, -0.2) is 4.79 Å². The molecule has 60 valence electrons. The molecule has 2 N–H and O–H groups in total. The Kier molecular flexibility index (Phi) is 39.4. The van der Waals surface area contributed by atoms with E-state index in [-0.39, 0.29) is 6.61 Å². The van der Waals surface area contributed by atoms with E-state index in [2.05, 4.69) is 19.7 Å². The van der Waals surface area contributed by atoms with Crippen LogP contribution in [0.2, 0.25) is 0 Å². The third-order valence-electron chi connectivity index (χ3n) is 0.175. The fourth-order valence-corrected chi connectivity index (χ4v) is 0. The molecule has 0 rings (SSSR count). The smallest absolute Gasteiger partial charge is 0.327 e. The van der Waals surface area contributed by atoms with Crippen LogP contribution >= 0.6 is 0 Å². The molecular weight excluding hydrogens is 132 g/mol. The van der Waals surface area contributed by atoms with Gasteiger partial charge in [-0.3, -0.25) is 0 Å². The van der Waals surface area contributed by atoms with E-state index in [1.165, 1.54) is 0 Å². The standard InChI is InChI=1S/C3H4O2.C2H6O.C2H4/c1-2-3(4)5;1-2-3;1-2/h2H,1H2,(H,4,5);3H,2H2,1H3;1-2H2. The van der Waals surface area contributed by atoms with Gasteiger partial charge in [0, 0.05) is 12.7 Å². The van der Waals surface area contributed by atoms with Gasteiger partial charge in [0.2, 0.25) is 0 Å². The van der Waals surface area contributed by atoms with Crippen LogP contribution in [0.3, 0.4) is 0 Å². The van der Waals surface area contributed by atoms with Gasteiger partial charge in [-0.15, -0.1) is 13.2 Å². The lowest BCUT2D eigenvalue weighted by molar-refractivity contribution is -0.131. The Balaban J connectivity index is -0.0000000847. The van der Waals surface area contributed by atoms with Crippen molar-refractivity contribution in [1.82, 2.24) is 0 Å². The Bertz CT molecular complexity index is 78.9. The summed E-state index contributed by atoms with van der Waals surface area (Å²) in [4.78, 5) is 9.25. The van der Waals surface area contributed by atoms with E-state index in [9.17, 15) is 4.79 Å². The minimum absolute atomic E-state index is 0.250. The van der Waals surface area contributed by atoms with Gasteiger partial charge in [-0.05, 0) is 6.92 Å². The molecule has 0 radical (unpaired) electrons. The van der Waals surface area contributed by atoms with Crippen LogP contribution in [0.25, 0.3) is 0 Å². The van der Waals surface area contributed by atoms with Crippen molar-refractivity contribution in [3.8, 4) is 0 Å². The second-order valence-corrected chi connectivity index (χ2v) is 0.859. The molecule has 3 heteroatoms. The van der Waals surface area contributed by atoms with E-state index in [1.54, 1.807) is 6.92 Å². The van der Waals surface area contributed by atoms with Crippen LogP contribution < -0.4 is 0 Å². The second-order valence-electron chi connectivity index (χ2n) is 0.859. The Morgan fingerprint density at radius 2 is 1.70 bits per heavy atom. The summed E-state index contributed by atoms with van der Waals surface area (Å²) < 4.78 is 0. The van der Waals surface area contributed by atoms with Crippen LogP contribution in [-0.4, -0.2) is 22.8 Å². The van der Waals surface area contributed by atoms with E-state index >= 15 is 0 Å². The van der Waals surface area contributed by atoms with E-state index in [1.807, 2.05) is 0 Å². The summed E-state index contributed by atoms with van der Waals surface area (Å²) in [5.41, 5.74) is 0. The predicted molar refractivity (Wildman–Crippen MR) is 41.8 cm³/mol. The molecule has 0 aromatic heterocycles. The number of hydrogen-bond donors (Lipinski definition) is 2. The lowest BCUT2D eigenvalue weighted by atomic mass is 10.7. The van der Waals surface area contributed by atoms with Gasteiger partial charge in [0.1, 0.15) is 0 Å². The monoisotopic (exact) mass is 146 g/mol. The number of rotatable bonds is 1. The highest BCUT2D eigenvalue weighted by molar-refractivity contribution is 5.78. The summed E-state index contributed by atoms with van der Waals surface area (Å²) in [6, 6.07) is 0. The molecule has 0 aliphatic rings. The number of carboxylic acid groups (broad SMARTS) is 1. The molecule has 0 saturated heterocycles. The van der Waals surface area contributed by atoms with Crippen molar-refractivity contribution in [2.75, 3.05) is 6.61 Å². The molecule has 3 nitrogen and oxygen atoms in total. The number of aliphatic hydroxyl groups is 1. The van der Waals surface area contributed by atoms with Crippen molar-refractivity contribution in [2.45, 2.75) is 6.92 Å². The number of hydrogen-bond acceptors (Lipinski definition) is 2.